The summed E-state index contributed by atoms with van der Waals surface area (Å²) in [5.41, 5.74) is 4.55. The van der Waals surface area contributed by atoms with E-state index in [0.717, 1.165) is 24.2 Å². The molecule has 1 aromatic carbocycles. The fourth-order valence-electron chi connectivity index (χ4n) is 2.65. The molecule has 2 aromatic rings. The van der Waals surface area contributed by atoms with Gasteiger partial charge in [-0.05, 0) is 44.0 Å². The quantitative estimate of drug-likeness (QED) is 0.891. The average molecular weight is 326 g/mol. The van der Waals surface area contributed by atoms with E-state index in [9.17, 15) is 0 Å². The fourth-order valence-corrected chi connectivity index (χ4v) is 3.08. The molecule has 1 atom stereocenters. The fraction of sp³-hybridized carbons (Fsp3) is 0.438. The number of nitrogens with zero attached hydrogens (tertiary/aromatic N) is 2. The van der Waals surface area contributed by atoms with Gasteiger partial charge in [0.25, 0.3) is 0 Å². The Morgan fingerprint density at radius 3 is 2.57 bits per heavy atom. The number of halogens is 2. The first-order chi connectivity index (χ1) is 9.95. The molecule has 0 aliphatic heterocycles. The monoisotopic (exact) mass is 325 g/mol. The molecular weight excluding hydrogens is 305 g/mol. The van der Waals surface area contributed by atoms with Crippen LogP contribution in [0.4, 0.5) is 0 Å². The van der Waals surface area contributed by atoms with E-state index in [1.165, 1.54) is 11.3 Å². The molecule has 0 fully saturated rings. The highest BCUT2D eigenvalue weighted by atomic mass is 35.5. The van der Waals surface area contributed by atoms with Gasteiger partial charge in [-0.2, -0.15) is 5.10 Å². The van der Waals surface area contributed by atoms with Crippen LogP contribution < -0.4 is 5.32 Å². The van der Waals surface area contributed by atoms with Crippen molar-refractivity contribution in [3.8, 4) is 0 Å². The van der Waals surface area contributed by atoms with Crippen molar-refractivity contribution in [2.24, 2.45) is 7.05 Å². The summed E-state index contributed by atoms with van der Waals surface area (Å²) in [6, 6.07) is 5.92. The van der Waals surface area contributed by atoms with E-state index in [-0.39, 0.29) is 6.04 Å². The molecule has 1 N–H and O–H groups in total. The van der Waals surface area contributed by atoms with Gasteiger partial charge in [-0.25, -0.2) is 0 Å². The number of hydrogen-bond acceptors (Lipinski definition) is 2. The number of aromatic nitrogens is 2. The van der Waals surface area contributed by atoms with Gasteiger partial charge in [0.2, 0.25) is 0 Å². The Morgan fingerprint density at radius 1 is 1.29 bits per heavy atom. The van der Waals surface area contributed by atoms with Crippen LogP contribution in [0.1, 0.15) is 35.5 Å². The third-order valence-corrected chi connectivity index (χ3v) is 4.71. The minimum absolute atomic E-state index is 0.128. The highest BCUT2D eigenvalue weighted by molar-refractivity contribution is 6.42. The van der Waals surface area contributed by atoms with Crippen molar-refractivity contribution in [2.45, 2.75) is 33.2 Å². The summed E-state index contributed by atoms with van der Waals surface area (Å²) >= 11 is 12.5. The van der Waals surface area contributed by atoms with Gasteiger partial charge >= 0.3 is 0 Å². The van der Waals surface area contributed by atoms with E-state index in [1.807, 2.05) is 36.9 Å². The van der Waals surface area contributed by atoms with Crippen LogP contribution in [0, 0.1) is 13.8 Å². The number of likely N-dealkylation sites (N-methyl/N-ethyl adjacent to an activating group) is 1. The summed E-state index contributed by atoms with van der Waals surface area (Å²) in [6.07, 6.45) is 0.847. The Hall–Kier alpha value is -1.03. The van der Waals surface area contributed by atoms with Crippen molar-refractivity contribution < 1.29 is 0 Å². The molecule has 5 heteroatoms. The summed E-state index contributed by atoms with van der Waals surface area (Å²) < 4.78 is 1.92. The lowest BCUT2D eigenvalue weighted by atomic mass is 9.97. The maximum Gasteiger partial charge on any atom is 0.0640 e. The van der Waals surface area contributed by atoms with Crippen molar-refractivity contribution in [3.05, 3.63) is 50.8 Å². The number of rotatable bonds is 5. The molecular formula is C16H21Cl2N3. The van der Waals surface area contributed by atoms with Gasteiger partial charge in [0, 0.05) is 18.8 Å². The van der Waals surface area contributed by atoms with E-state index in [0.29, 0.717) is 10.0 Å². The summed E-state index contributed by atoms with van der Waals surface area (Å²) in [6.45, 7) is 7.10. The summed E-state index contributed by atoms with van der Waals surface area (Å²) in [7, 11) is 1.97. The molecule has 0 radical (unpaired) electrons. The Balaban J connectivity index is 2.38. The molecule has 3 nitrogen and oxygen atoms in total. The lowest BCUT2D eigenvalue weighted by Gasteiger charge is -2.20. The first-order valence-electron chi connectivity index (χ1n) is 7.12. The van der Waals surface area contributed by atoms with Crippen molar-refractivity contribution in [1.29, 1.82) is 0 Å². The van der Waals surface area contributed by atoms with Crippen molar-refractivity contribution in [1.82, 2.24) is 15.1 Å². The molecule has 0 aliphatic carbocycles. The summed E-state index contributed by atoms with van der Waals surface area (Å²) in [4.78, 5) is 0. The minimum atomic E-state index is 0.128. The van der Waals surface area contributed by atoms with E-state index in [4.69, 9.17) is 23.2 Å². The Morgan fingerprint density at radius 2 is 2.00 bits per heavy atom. The summed E-state index contributed by atoms with van der Waals surface area (Å²) in [5.74, 6) is 0. The zero-order chi connectivity index (χ0) is 15.6. The molecule has 0 saturated carbocycles. The van der Waals surface area contributed by atoms with Crippen LogP contribution in [0.25, 0.3) is 0 Å². The largest absolute Gasteiger partial charge is 0.310 e. The Bertz CT molecular complexity index is 635. The summed E-state index contributed by atoms with van der Waals surface area (Å²) in [5, 5.41) is 9.21. The molecule has 0 aliphatic rings. The predicted octanol–water partition coefficient (Wildman–Crippen LogP) is 4.24. The molecule has 1 unspecified atom stereocenters. The van der Waals surface area contributed by atoms with Gasteiger partial charge in [0.1, 0.15) is 0 Å². The second kappa shape index (κ2) is 6.82. The van der Waals surface area contributed by atoms with Crippen LogP contribution >= 0.6 is 23.2 Å². The average Bonchev–Trinajstić information content (AvgIpc) is 2.68. The van der Waals surface area contributed by atoms with Gasteiger partial charge in [-0.3, -0.25) is 4.68 Å². The van der Waals surface area contributed by atoms with Gasteiger partial charge < -0.3 is 5.32 Å². The lowest BCUT2D eigenvalue weighted by Crippen LogP contribution is -2.23. The maximum absolute atomic E-state index is 6.38. The molecule has 2 rings (SSSR count). The van der Waals surface area contributed by atoms with Gasteiger partial charge in [-0.1, -0.05) is 42.3 Å². The van der Waals surface area contributed by atoms with Crippen LogP contribution in [0.2, 0.25) is 10.0 Å². The predicted molar refractivity (Wildman–Crippen MR) is 89.3 cm³/mol. The first kappa shape index (κ1) is 16.3. The van der Waals surface area contributed by atoms with Crippen LogP contribution in [-0.2, 0) is 13.5 Å². The zero-order valence-corrected chi connectivity index (χ0v) is 14.4. The van der Waals surface area contributed by atoms with Crippen LogP contribution in [0.5, 0.6) is 0 Å². The van der Waals surface area contributed by atoms with Crippen molar-refractivity contribution in [2.75, 3.05) is 6.54 Å². The number of hydrogen-bond donors (Lipinski definition) is 1. The van der Waals surface area contributed by atoms with Crippen LogP contribution in [0.3, 0.4) is 0 Å². The zero-order valence-electron chi connectivity index (χ0n) is 12.9. The topological polar surface area (TPSA) is 29.9 Å². The van der Waals surface area contributed by atoms with Crippen LogP contribution in [-0.4, -0.2) is 16.3 Å². The molecule has 0 amide bonds. The second-order valence-corrected chi connectivity index (χ2v) is 6.02. The van der Waals surface area contributed by atoms with Crippen LogP contribution in [0.15, 0.2) is 18.2 Å². The van der Waals surface area contributed by atoms with Gasteiger partial charge in [-0.15, -0.1) is 0 Å². The second-order valence-electron chi connectivity index (χ2n) is 5.23. The lowest BCUT2D eigenvalue weighted by molar-refractivity contribution is 0.547. The smallest absolute Gasteiger partial charge is 0.0640 e. The molecule has 0 bridgehead atoms. The standard InChI is InChI=1S/C16H21Cl2N3/c1-5-19-15(12-7-6-8-14(17)16(12)18)9-13-10(2)20-21(4)11(13)3/h6-8,15,19H,5,9H2,1-4H3. The van der Waals surface area contributed by atoms with Crippen molar-refractivity contribution in [3.63, 3.8) is 0 Å². The SMILES string of the molecule is CCNC(Cc1c(C)nn(C)c1C)c1cccc(Cl)c1Cl. The molecule has 114 valence electrons. The van der Waals surface area contributed by atoms with Crippen molar-refractivity contribution >= 4 is 23.2 Å². The molecule has 1 aromatic heterocycles. The highest BCUT2D eigenvalue weighted by Gasteiger charge is 2.19. The minimum Gasteiger partial charge on any atom is -0.310 e. The number of aryl methyl sites for hydroxylation is 2. The third kappa shape index (κ3) is 3.42. The van der Waals surface area contributed by atoms with Gasteiger partial charge in [0.15, 0.2) is 0 Å². The van der Waals surface area contributed by atoms with E-state index in [2.05, 4.69) is 24.3 Å². The normalized spacial score (nSPS) is 12.7. The van der Waals surface area contributed by atoms with E-state index in [1.54, 1.807) is 0 Å². The van der Waals surface area contributed by atoms with E-state index < -0.39 is 0 Å². The third-order valence-electron chi connectivity index (χ3n) is 3.87. The Kier molecular flexibility index (Phi) is 5.31. The number of benzene rings is 1. The highest BCUT2D eigenvalue weighted by Crippen LogP contribution is 2.32. The molecule has 0 spiro atoms. The number of nitrogens with one attached hydrogen (secondary N) is 1. The first-order valence-corrected chi connectivity index (χ1v) is 7.87. The maximum atomic E-state index is 6.38. The molecule has 0 saturated heterocycles. The Labute approximate surface area is 136 Å². The van der Waals surface area contributed by atoms with Gasteiger partial charge in [0.05, 0.1) is 15.7 Å². The molecule has 21 heavy (non-hydrogen) atoms. The molecule has 1 heterocycles. The van der Waals surface area contributed by atoms with E-state index >= 15 is 0 Å².